The molecule has 0 radical (unpaired) electrons. The summed E-state index contributed by atoms with van der Waals surface area (Å²) in [6.07, 6.45) is 0.0997. The van der Waals surface area contributed by atoms with E-state index in [-0.39, 0.29) is 24.9 Å². The third-order valence-corrected chi connectivity index (χ3v) is 5.84. The highest BCUT2D eigenvalue weighted by Gasteiger charge is 2.15. The van der Waals surface area contributed by atoms with Crippen LogP contribution in [-0.2, 0) is 17.9 Å². The van der Waals surface area contributed by atoms with Crippen LogP contribution in [0.5, 0.6) is 0 Å². The number of benzene rings is 3. The number of fused-ring (bicyclic) bond motifs is 1. The Bertz CT molecular complexity index is 1390. The van der Waals surface area contributed by atoms with Gasteiger partial charge in [-0.25, -0.2) is 0 Å². The lowest BCUT2D eigenvalue weighted by Crippen LogP contribution is -2.42. The number of nitrogens with zero attached hydrogens (tertiary/aromatic N) is 2. The summed E-state index contributed by atoms with van der Waals surface area (Å²) >= 11 is 0. The first-order valence-corrected chi connectivity index (χ1v) is 11.1. The molecule has 6 heteroatoms. The minimum Gasteiger partial charge on any atom is -0.350 e. The predicted octanol–water partition coefficient (Wildman–Crippen LogP) is 3.79. The third kappa shape index (κ3) is 4.95. The quantitative estimate of drug-likeness (QED) is 0.444. The van der Waals surface area contributed by atoms with Crippen molar-refractivity contribution < 1.29 is 4.79 Å². The van der Waals surface area contributed by atoms with Gasteiger partial charge in [-0.3, -0.25) is 19.0 Å². The molecule has 3 aromatic carbocycles. The van der Waals surface area contributed by atoms with Gasteiger partial charge in [0.1, 0.15) is 0 Å². The van der Waals surface area contributed by atoms with E-state index in [0.717, 1.165) is 16.7 Å². The second kappa shape index (κ2) is 9.69. The molecule has 0 fully saturated rings. The van der Waals surface area contributed by atoms with E-state index in [0.29, 0.717) is 17.6 Å². The van der Waals surface area contributed by atoms with Gasteiger partial charge in [-0.2, -0.15) is 0 Å². The minimum atomic E-state index is -0.621. The molecule has 1 amide bonds. The van der Waals surface area contributed by atoms with Crippen LogP contribution in [0.2, 0.25) is 0 Å². The van der Waals surface area contributed by atoms with E-state index >= 15 is 0 Å². The molecule has 0 saturated carbocycles. The monoisotopic (exact) mass is 441 g/mol. The van der Waals surface area contributed by atoms with Crippen molar-refractivity contribution in [1.82, 2.24) is 14.5 Å². The number of aromatic nitrogens is 2. The highest BCUT2D eigenvalue weighted by atomic mass is 16.2. The van der Waals surface area contributed by atoms with Crippen LogP contribution in [-0.4, -0.2) is 15.0 Å². The number of aryl methyl sites for hydroxylation is 2. The van der Waals surface area contributed by atoms with Gasteiger partial charge in [0.05, 0.1) is 23.6 Å². The zero-order chi connectivity index (χ0) is 23.4. The summed E-state index contributed by atoms with van der Waals surface area (Å²) in [6.45, 7) is 4.36. The number of carbonyl (C=O) groups excluding carboxylic acids is 1. The van der Waals surface area contributed by atoms with E-state index in [9.17, 15) is 14.4 Å². The topological polar surface area (TPSA) is 73.1 Å². The second-order valence-corrected chi connectivity index (χ2v) is 8.27. The van der Waals surface area contributed by atoms with E-state index < -0.39 is 11.1 Å². The van der Waals surface area contributed by atoms with Gasteiger partial charge < -0.3 is 9.88 Å². The van der Waals surface area contributed by atoms with Crippen LogP contribution in [0.4, 0.5) is 0 Å². The molecule has 4 rings (SSSR count). The average Bonchev–Trinajstić information content (AvgIpc) is 2.83. The lowest BCUT2D eigenvalue weighted by Gasteiger charge is -2.17. The van der Waals surface area contributed by atoms with Crippen molar-refractivity contribution in [3.8, 4) is 0 Å². The van der Waals surface area contributed by atoms with Gasteiger partial charge in [0.25, 0.3) is 0 Å². The van der Waals surface area contributed by atoms with E-state index in [2.05, 4.69) is 5.32 Å². The first kappa shape index (κ1) is 22.3. The van der Waals surface area contributed by atoms with E-state index in [4.69, 9.17) is 0 Å². The van der Waals surface area contributed by atoms with Crippen LogP contribution >= 0.6 is 0 Å². The lowest BCUT2D eigenvalue weighted by molar-refractivity contribution is -0.121. The third-order valence-electron chi connectivity index (χ3n) is 5.84. The zero-order valence-corrected chi connectivity index (χ0v) is 18.8. The zero-order valence-electron chi connectivity index (χ0n) is 18.8. The highest BCUT2D eigenvalue weighted by molar-refractivity contribution is 5.78. The molecular weight excluding hydrogens is 414 g/mol. The van der Waals surface area contributed by atoms with Gasteiger partial charge in [-0.15, -0.1) is 0 Å². The summed E-state index contributed by atoms with van der Waals surface area (Å²) in [6, 6.07) is 24.7. The van der Waals surface area contributed by atoms with Gasteiger partial charge in [0, 0.05) is 13.0 Å². The molecule has 1 atom stereocenters. The Morgan fingerprint density at radius 2 is 1.39 bits per heavy atom. The van der Waals surface area contributed by atoms with Gasteiger partial charge in [0.15, 0.2) is 0 Å². The molecule has 6 nitrogen and oxygen atoms in total. The van der Waals surface area contributed by atoms with Crippen LogP contribution in [0.3, 0.4) is 0 Å². The van der Waals surface area contributed by atoms with Crippen molar-refractivity contribution in [3.05, 3.63) is 116 Å². The number of amides is 1. The molecule has 0 aliphatic rings. The summed E-state index contributed by atoms with van der Waals surface area (Å²) in [5.41, 5.74) is 3.17. The molecular formula is C27H27N3O3. The van der Waals surface area contributed by atoms with E-state index in [1.807, 2.05) is 92.7 Å². The summed E-state index contributed by atoms with van der Waals surface area (Å²) in [5, 5.41) is 2.96. The second-order valence-electron chi connectivity index (χ2n) is 8.27. The van der Waals surface area contributed by atoms with Crippen molar-refractivity contribution in [1.29, 1.82) is 0 Å². The molecule has 0 spiro atoms. The lowest BCUT2D eigenvalue weighted by atomic mass is 10.1. The Kier molecular flexibility index (Phi) is 6.54. The molecule has 1 heterocycles. The Hall–Kier alpha value is -3.93. The fourth-order valence-corrected chi connectivity index (χ4v) is 3.98. The number of nitrogens with one attached hydrogen (secondary N) is 1. The van der Waals surface area contributed by atoms with Crippen LogP contribution in [0.1, 0.15) is 36.1 Å². The first-order valence-electron chi connectivity index (χ1n) is 11.1. The Labute approximate surface area is 192 Å². The summed E-state index contributed by atoms with van der Waals surface area (Å²) in [5.74, 6) is -0.175. The van der Waals surface area contributed by atoms with Gasteiger partial charge in [-0.1, -0.05) is 72.3 Å². The molecule has 1 N–H and O–H groups in total. The maximum atomic E-state index is 13.0. The SMILES string of the molecule is Cc1ccc(Cn2c(=O)c(=O)n(CCC(=O)N[C@H](C)c3ccccc3)c3ccccc32)cc1. The average molecular weight is 442 g/mol. The molecule has 0 aliphatic heterocycles. The summed E-state index contributed by atoms with van der Waals surface area (Å²) in [4.78, 5) is 38.6. The normalized spacial score (nSPS) is 11.9. The fourth-order valence-electron chi connectivity index (χ4n) is 3.98. The molecule has 0 saturated heterocycles. The Morgan fingerprint density at radius 1 is 0.818 bits per heavy atom. The van der Waals surface area contributed by atoms with Crippen LogP contribution in [0.25, 0.3) is 11.0 Å². The van der Waals surface area contributed by atoms with Crippen molar-refractivity contribution in [2.75, 3.05) is 0 Å². The largest absolute Gasteiger partial charge is 0.350 e. The molecule has 0 unspecified atom stereocenters. The van der Waals surface area contributed by atoms with Gasteiger partial charge in [0.2, 0.25) is 5.91 Å². The predicted molar refractivity (Wildman–Crippen MR) is 130 cm³/mol. The standard InChI is InChI=1S/C27H27N3O3/c1-19-12-14-21(15-13-19)18-30-24-11-7-6-10-23(24)29(26(32)27(30)33)17-16-25(31)28-20(2)22-8-4-3-5-9-22/h3-15,20H,16-18H2,1-2H3,(H,28,31)/t20-/m1/s1. The number of carbonyl (C=O) groups is 1. The summed E-state index contributed by atoms with van der Waals surface area (Å²) in [7, 11) is 0. The molecule has 0 bridgehead atoms. The van der Waals surface area contributed by atoms with Gasteiger partial charge in [-0.05, 0) is 37.1 Å². The Balaban J connectivity index is 1.59. The van der Waals surface area contributed by atoms with Crippen LogP contribution < -0.4 is 16.4 Å². The Morgan fingerprint density at radius 3 is 2.06 bits per heavy atom. The van der Waals surface area contributed by atoms with Crippen LogP contribution in [0.15, 0.2) is 88.5 Å². The molecule has 168 valence electrons. The van der Waals surface area contributed by atoms with E-state index in [1.54, 1.807) is 0 Å². The number of rotatable bonds is 7. The van der Waals surface area contributed by atoms with Gasteiger partial charge >= 0.3 is 11.1 Å². The molecule has 33 heavy (non-hydrogen) atoms. The molecule has 1 aromatic heterocycles. The van der Waals surface area contributed by atoms with Crippen molar-refractivity contribution in [2.45, 2.75) is 39.4 Å². The minimum absolute atomic E-state index is 0.0997. The summed E-state index contributed by atoms with van der Waals surface area (Å²) < 4.78 is 2.92. The number of hydrogen-bond donors (Lipinski definition) is 1. The highest BCUT2D eigenvalue weighted by Crippen LogP contribution is 2.14. The number of hydrogen-bond acceptors (Lipinski definition) is 3. The smallest absolute Gasteiger partial charge is 0.317 e. The maximum absolute atomic E-state index is 13.0. The van der Waals surface area contributed by atoms with Crippen LogP contribution in [0, 0.1) is 6.92 Å². The van der Waals surface area contributed by atoms with E-state index in [1.165, 1.54) is 9.13 Å². The van der Waals surface area contributed by atoms with Crippen molar-refractivity contribution in [3.63, 3.8) is 0 Å². The maximum Gasteiger partial charge on any atom is 0.317 e. The van der Waals surface area contributed by atoms with Crippen molar-refractivity contribution in [2.24, 2.45) is 0 Å². The molecule has 0 aliphatic carbocycles. The molecule has 4 aromatic rings. The fraction of sp³-hybridized carbons (Fsp3) is 0.222. The first-order chi connectivity index (χ1) is 15.9. The van der Waals surface area contributed by atoms with Crippen molar-refractivity contribution >= 4 is 16.9 Å². The number of para-hydroxylation sites is 2.